The number of hydrogen-bond donors (Lipinski definition) is 4. The van der Waals surface area contributed by atoms with E-state index < -0.39 is 30.1 Å². The molecule has 0 aliphatic carbocycles. The first-order chi connectivity index (χ1) is 8.43. The molecule has 0 heterocycles. The summed E-state index contributed by atoms with van der Waals surface area (Å²) in [4.78, 5) is 22.6. The van der Waals surface area contributed by atoms with E-state index in [0.29, 0.717) is 5.56 Å². The number of benzene rings is 1. The van der Waals surface area contributed by atoms with E-state index in [0.717, 1.165) is 0 Å². The zero-order valence-corrected chi connectivity index (χ0v) is 9.91. The van der Waals surface area contributed by atoms with Gasteiger partial charge in [-0.1, -0.05) is 30.3 Å². The summed E-state index contributed by atoms with van der Waals surface area (Å²) in [7, 11) is 0. The molecule has 6 nitrogen and oxygen atoms in total. The number of aliphatic carboxylic acids is 1. The average Bonchev–Trinajstić information content (AvgIpc) is 2.35. The van der Waals surface area contributed by atoms with Gasteiger partial charge in [0.2, 0.25) is 5.91 Å². The molecule has 18 heavy (non-hydrogen) atoms. The maximum absolute atomic E-state index is 11.8. The van der Waals surface area contributed by atoms with Gasteiger partial charge in [0.25, 0.3) is 0 Å². The smallest absolute Gasteiger partial charge is 0.328 e. The fraction of sp³-hybridized carbons (Fsp3) is 0.333. The van der Waals surface area contributed by atoms with E-state index in [9.17, 15) is 14.7 Å². The van der Waals surface area contributed by atoms with Gasteiger partial charge in [0.15, 0.2) is 6.04 Å². The SMILES string of the molecule is C[C@@H](O)[C@H](NC(=O)[C@@H](N)c1ccccc1)C(=O)O. The first kappa shape index (κ1) is 14.1. The molecule has 5 N–H and O–H groups in total. The molecule has 0 aromatic heterocycles. The maximum Gasteiger partial charge on any atom is 0.328 e. The number of carboxylic acid groups (broad SMARTS) is 1. The number of rotatable bonds is 5. The predicted molar refractivity (Wildman–Crippen MR) is 64.6 cm³/mol. The Labute approximate surface area is 104 Å². The molecule has 0 radical (unpaired) electrons. The van der Waals surface area contributed by atoms with Gasteiger partial charge in [-0.15, -0.1) is 0 Å². The van der Waals surface area contributed by atoms with Crippen LogP contribution in [-0.4, -0.2) is 34.2 Å². The van der Waals surface area contributed by atoms with Crippen molar-refractivity contribution >= 4 is 11.9 Å². The Morgan fingerprint density at radius 3 is 2.28 bits per heavy atom. The first-order valence-corrected chi connectivity index (χ1v) is 5.45. The van der Waals surface area contributed by atoms with E-state index in [-0.39, 0.29) is 0 Å². The number of hydrogen-bond acceptors (Lipinski definition) is 4. The molecule has 1 rings (SSSR count). The zero-order valence-electron chi connectivity index (χ0n) is 9.91. The molecule has 0 unspecified atom stereocenters. The van der Waals surface area contributed by atoms with E-state index in [2.05, 4.69) is 5.32 Å². The average molecular weight is 252 g/mol. The van der Waals surface area contributed by atoms with Crippen molar-refractivity contribution in [2.45, 2.75) is 25.1 Å². The van der Waals surface area contributed by atoms with E-state index in [4.69, 9.17) is 10.8 Å². The summed E-state index contributed by atoms with van der Waals surface area (Å²) in [5.74, 6) is -1.95. The highest BCUT2D eigenvalue weighted by Gasteiger charge is 2.27. The zero-order chi connectivity index (χ0) is 13.7. The quantitative estimate of drug-likeness (QED) is 0.571. The molecule has 0 aliphatic heterocycles. The number of amides is 1. The van der Waals surface area contributed by atoms with Gasteiger partial charge >= 0.3 is 5.97 Å². The van der Waals surface area contributed by atoms with Crippen LogP contribution in [0, 0.1) is 0 Å². The Bertz CT molecular complexity index is 419. The van der Waals surface area contributed by atoms with Gasteiger partial charge < -0.3 is 21.3 Å². The number of nitrogens with one attached hydrogen (secondary N) is 1. The van der Waals surface area contributed by atoms with Crippen LogP contribution in [0.2, 0.25) is 0 Å². The maximum atomic E-state index is 11.8. The minimum absolute atomic E-state index is 0.574. The third kappa shape index (κ3) is 3.54. The summed E-state index contributed by atoms with van der Waals surface area (Å²) >= 11 is 0. The minimum Gasteiger partial charge on any atom is -0.480 e. The highest BCUT2D eigenvalue weighted by molar-refractivity contribution is 5.87. The summed E-state index contributed by atoms with van der Waals surface area (Å²) in [6.45, 7) is 1.28. The van der Waals surface area contributed by atoms with Crippen molar-refractivity contribution in [3.63, 3.8) is 0 Å². The van der Waals surface area contributed by atoms with Gasteiger partial charge in [-0.3, -0.25) is 4.79 Å². The monoisotopic (exact) mass is 252 g/mol. The van der Waals surface area contributed by atoms with Crippen LogP contribution in [0.25, 0.3) is 0 Å². The van der Waals surface area contributed by atoms with E-state index >= 15 is 0 Å². The number of carboxylic acids is 1. The van der Waals surface area contributed by atoms with Crippen LogP contribution < -0.4 is 11.1 Å². The van der Waals surface area contributed by atoms with Crippen LogP contribution in [0.3, 0.4) is 0 Å². The lowest BCUT2D eigenvalue weighted by atomic mass is 10.1. The first-order valence-electron chi connectivity index (χ1n) is 5.45. The van der Waals surface area contributed by atoms with Crippen molar-refractivity contribution in [3.05, 3.63) is 35.9 Å². The molecule has 0 spiro atoms. The van der Waals surface area contributed by atoms with Gasteiger partial charge in [0.1, 0.15) is 6.04 Å². The molecule has 0 saturated heterocycles. The Balaban J connectivity index is 2.73. The summed E-state index contributed by atoms with van der Waals surface area (Å²) < 4.78 is 0. The lowest BCUT2D eigenvalue weighted by Crippen LogP contribution is -2.50. The molecule has 0 saturated carbocycles. The Morgan fingerprint density at radius 1 is 1.28 bits per heavy atom. The fourth-order valence-corrected chi connectivity index (χ4v) is 1.44. The van der Waals surface area contributed by atoms with Gasteiger partial charge in [0.05, 0.1) is 6.10 Å². The van der Waals surface area contributed by atoms with Crippen molar-refractivity contribution in [3.8, 4) is 0 Å². The molecule has 0 aliphatic rings. The molecule has 1 aromatic rings. The second-order valence-corrected chi connectivity index (χ2v) is 3.95. The Hall–Kier alpha value is -1.92. The predicted octanol–water partition coefficient (Wildman–Crippen LogP) is -0.363. The number of nitrogens with two attached hydrogens (primary N) is 1. The van der Waals surface area contributed by atoms with Crippen LogP contribution in [0.1, 0.15) is 18.5 Å². The van der Waals surface area contributed by atoms with Crippen molar-refractivity contribution in [1.82, 2.24) is 5.32 Å². The van der Waals surface area contributed by atoms with Crippen molar-refractivity contribution in [2.24, 2.45) is 5.73 Å². The Kier molecular flexibility index (Phi) is 4.82. The molecule has 6 heteroatoms. The molecule has 3 atom stereocenters. The number of aliphatic hydroxyl groups is 1. The lowest BCUT2D eigenvalue weighted by Gasteiger charge is -2.19. The molecule has 0 bridgehead atoms. The highest BCUT2D eigenvalue weighted by atomic mass is 16.4. The lowest BCUT2D eigenvalue weighted by molar-refractivity contribution is -0.145. The van der Waals surface area contributed by atoms with Gasteiger partial charge in [0, 0.05) is 0 Å². The van der Waals surface area contributed by atoms with E-state index in [1.165, 1.54) is 6.92 Å². The van der Waals surface area contributed by atoms with Gasteiger partial charge in [-0.2, -0.15) is 0 Å². The third-order valence-electron chi connectivity index (χ3n) is 2.49. The highest BCUT2D eigenvalue weighted by Crippen LogP contribution is 2.10. The normalized spacial score (nSPS) is 15.5. The second-order valence-electron chi connectivity index (χ2n) is 3.95. The van der Waals surface area contributed by atoms with Crippen LogP contribution >= 0.6 is 0 Å². The fourth-order valence-electron chi connectivity index (χ4n) is 1.44. The summed E-state index contributed by atoms with van der Waals surface area (Å²) in [5.41, 5.74) is 6.27. The van der Waals surface area contributed by atoms with Crippen molar-refractivity contribution < 1.29 is 19.8 Å². The number of aliphatic hydroxyl groups excluding tert-OH is 1. The third-order valence-corrected chi connectivity index (χ3v) is 2.49. The largest absolute Gasteiger partial charge is 0.480 e. The van der Waals surface area contributed by atoms with Crippen LogP contribution in [0.5, 0.6) is 0 Å². The van der Waals surface area contributed by atoms with Crippen molar-refractivity contribution in [2.75, 3.05) is 0 Å². The molecule has 1 amide bonds. The van der Waals surface area contributed by atoms with Crippen LogP contribution in [-0.2, 0) is 9.59 Å². The van der Waals surface area contributed by atoms with Crippen molar-refractivity contribution in [1.29, 1.82) is 0 Å². The van der Waals surface area contributed by atoms with E-state index in [1.54, 1.807) is 30.3 Å². The number of carbonyl (C=O) groups is 2. The minimum atomic E-state index is -1.37. The summed E-state index contributed by atoms with van der Waals surface area (Å²) in [6.07, 6.45) is -1.20. The molecule has 98 valence electrons. The molecule has 1 aromatic carbocycles. The number of carbonyl (C=O) groups excluding carboxylic acids is 1. The summed E-state index contributed by atoms with van der Waals surface area (Å²) in [5, 5.41) is 20.3. The summed E-state index contributed by atoms with van der Waals surface area (Å²) in [6, 6.07) is 6.24. The van der Waals surface area contributed by atoms with Gasteiger partial charge in [-0.25, -0.2) is 4.79 Å². The molecule has 0 fully saturated rings. The van der Waals surface area contributed by atoms with E-state index in [1.807, 2.05) is 0 Å². The standard InChI is InChI=1S/C12H16N2O4/c1-7(15)10(12(17)18)14-11(16)9(13)8-5-3-2-4-6-8/h2-7,9-10,15H,13H2,1H3,(H,14,16)(H,17,18)/t7-,9+,10+/m1/s1. The topological polar surface area (TPSA) is 113 Å². The van der Waals surface area contributed by atoms with Crippen LogP contribution in [0.15, 0.2) is 30.3 Å². The van der Waals surface area contributed by atoms with Gasteiger partial charge in [-0.05, 0) is 12.5 Å². The second kappa shape index (κ2) is 6.13. The molecular formula is C12H16N2O4. The van der Waals surface area contributed by atoms with Crippen LogP contribution in [0.4, 0.5) is 0 Å². The Morgan fingerprint density at radius 2 is 1.83 bits per heavy atom. The molecular weight excluding hydrogens is 236 g/mol.